The van der Waals surface area contributed by atoms with Gasteiger partial charge in [-0.25, -0.2) is 0 Å². The summed E-state index contributed by atoms with van der Waals surface area (Å²) >= 11 is 0. The average molecular weight is 237 g/mol. The number of aromatic amines is 2. The maximum atomic E-state index is 4.56. The summed E-state index contributed by atoms with van der Waals surface area (Å²) < 4.78 is 0. The predicted molar refractivity (Wildman–Crippen MR) is 75.8 cm³/mol. The van der Waals surface area contributed by atoms with Gasteiger partial charge in [0, 0.05) is 17.3 Å². The monoisotopic (exact) mass is 237 g/mol. The molecule has 0 aliphatic rings. The molecule has 3 heteroatoms. The standard InChI is InChI=1S/C15H15N3/c1-10-8-11(2)18-14(10)9-17-13-5-3-4-12-6-7-16-15(12)13/h3-9,16,18H,1-2H3/b17-9+. The van der Waals surface area contributed by atoms with Crippen molar-refractivity contribution in [1.82, 2.24) is 9.97 Å². The highest BCUT2D eigenvalue weighted by Gasteiger charge is 2.01. The maximum absolute atomic E-state index is 4.56. The van der Waals surface area contributed by atoms with Crippen LogP contribution >= 0.6 is 0 Å². The molecule has 0 fully saturated rings. The summed E-state index contributed by atoms with van der Waals surface area (Å²) in [5, 5.41) is 1.18. The summed E-state index contributed by atoms with van der Waals surface area (Å²) in [7, 11) is 0. The van der Waals surface area contributed by atoms with Gasteiger partial charge in [0.25, 0.3) is 0 Å². The molecule has 0 bridgehead atoms. The van der Waals surface area contributed by atoms with E-state index in [2.05, 4.69) is 47.0 Å². The molecule has 2 heterocycles. The van der Waals surface area contributed by atoms with Gasteiger partial charge in [-0.3, -0.25) is 4.99 Å². The summed E-state index contributed by atoms with van der Waals surface area (Å²) in [5.74, 6) is 0. The van der Waals surface area contributed by atoms with Gasteiger partial charge in [-0.2, -0.15) is 0 Å². The molecule has 3 nitrogen and oxygen atoms in total. The Morgan fingerprint density at radius 2 is 2.06 bits per heavy atom. The Morgan fingerprint density at radius 3 is 2.83 bits per heavy atom. The van der Waals surface area contributed by atoms with E-state index in [1.54, 1.807) is 0 Å². The summed E-state index contributed by atoms with van der Waals surface area (Å²) in [4.78, 5) is 11.1. The van der Waals surface area contributed by atoms with E-state index in [4.69, 9.17) is 0 Å². The normalized spacial score (nSPS) is 11.7. The molecule has 3 aromatic rings. The van der Waals surface area contributed by atoms with Crippen LogP contribution in [0.3, 0.4) is 0 Å². The van der Waals surface area contributed by atoms with Crippen molar-refractivity contribution in [2.45, 2.75) is 13.8 Å². The Hall–Kier alpha value is -2.29. The first-order valence-electron chi connectivity index (χ1n) is 6.00. The zero-order valence-corrected chi connectivity index (χ0v) is 10.5. The summed E-state index contributed by atoms with van der Waals surface area (Å²) in [6.07, 6.45) is 3.83. The molecule has 0 amide bonds. The molecule has 0 radical (unpaired) electrons. The van der Waals surface area contributed by atoms with Crippen LogP contribution < -0.4 is 0 Å². The van der Waals surface area contributed by atoms with Crippen LogP contribution in [0.5, 0.6) is 0 Å². The van der Waals surface area contributed by atoms with E-state index >= 15 is 0 Å². The third-order valence-electron chi connectivity index (χ3n) is 3.09. The Bertz CT molecular complexity index is 716. The van der Waals surface area contributed by atoms with Crippen molar-refractivity contribution in [1.29, 1.82) is 0 Å². The average Bonchev–Trinajstić information content (AvgIpc) is 2.93. The molecule has 3 rings (SSSR count). The summed E-state index contributed by atoms with van der Waals surface area (Å²) in [6, 6.07) is 10.3. The van der Waals surface area contributed by atoms with E-state index in [-0.39, 0.29) is 0 Å². The van der Waals surface area contributed by atoms with Crippen molar-refractivity contribution in [2.75, 3.05) is 0 Å². The number of nitrogens with one attached hydrogen (secondary N) is 2. The van der Waals surface area contributed by atoms with E-state index in [0.29, 0.717) is 0 Å². The first-order chi connectivity index (χ1) is 8.74. The van der Waals surface area contributed by atoms with Crippen molar-refractivity contribution < 1.29 is 0 Å². The minimum Gasteiger partial charge on any atom is -0.359 e. The lowest BCUT2D eigenvalue weighted by molar-refractivity contribution is 1.25. The topological polar surface area (TPSA) is 43.9 Å². The van der Waals surface area contributed by atoms with Crippen LogP contribution in [0.1, 0.15) is 17.0 Å². The fourth-order valence-electron chi connectivity index (χ4n) is 2.19. The molecule has 18 heavy (non-hydrogen) atoms. The van der Waals surface area contributed by atoms with E-state index in [1.807, 2.05) is 24.5 Å². The first-order valence-corrected chi connectivity index (χ1v) is 6.00. The number of aromatic nitrogens is 2. The molecule has 0 unspecified atom stereocenters. The maximum Gasteiger partial charge on any atom is 0.0871 e. The van der Waals surface area contributed by atoms with Crippen molar-refractivity contribution in [3.63, 3.8) is 0 Å². The van der Waals surface area contributed by atoms with E-state index < -0.39 is 0 Å². The van der Waals surface area contributed by atoms with Crippen LogP contribution in [-0.2, 0) is 0 Å². The fraction of sp³-hybridized carbons (Fsp3) is 0.133. The Morgan fingerprint density at radius 1 is 1.17 bits per heavy atom. The van der Waals surface area contributed by atoms with Crippen molar-refractivity contribution in [3.05, 3.63) is 53.5 Å². The van der Waals surface area contributed by atoms with Gasteiger partial charge >= 0.3 is 0 Å². The molecular weight excluding hydrogens is 222 g/mol. The molecule has 0 aliphatic carbocycles. The number of hydrogen-bond acceptors (Lipinski definition) is 1. The third kappa shape index (κ3) is 1.84. The lowest BCUT2D eigenvalue weighted by Crippen LogP contribution is -1.84. The molecule has 0 spiro atoms. The van der Waals surface area contributed by atoms with Crippen LogP contribution in [-0.4, -0.2) is 16.2 Å². The zero-order chi connectivity index (χ0) is 12.5. The van der Waals surface area contributed by atoms with Crippen LogP contribution in [0.2, 0.25) is 0 Å². The third-order valence-corrected chi connectivity index (χ3v) is 3.09. The van der Waals surface area contributed by atoms with E-state index in [9.17, 15) is 0 Å². The van der Waals surface area contributed by atoms with Crippen LogP contribution in [0.15, 0.2) is 41.5 Å². The minimum atomic E-state index is 0.962. The number of fused-ring (bicyclic) bond motifs is 1. The van der Waals surface area contributed by atoms with Gasteiger partial charge in [0.05, 0.1) is 23.1 Å². The van der Waals surface area contributed by atoms with Gasteiger partial charge in [0.15, 0.2) is 0 Å². The smallest absolute Gasteiger partial charge is 0.0871 e. The number of rotatable bonds is 2. The number of para-hydroxylation sites is 1. The SMILES string of the molecule is Cc1cc(C)c(/C=N/c2cccc3cc[nH]c23)[nH]1. The number of H-pyrrole nitrogens is 2. The molecule has 0 saturated heterocycles. The Labute approximate surface area is 106 Å². The molecule has 2 aromatic heterocycles. The molecular formula is C15H15N3. The molecule has 0 atom stereocenters. The predicted octanol–water partition coefficient (Wildman–Crippen LogP) is 3.86. The highest BCUT2D eigenvalue weighted by Crippen LogP contribution is 2.24. The highest BCUT2D eigenvalue weighted by molar-refractivity contribution is 5.92. The molecule has 2 N–H and O–H groups in total. The van der Waals surface area contributed by atoms with E-state index in [1.165, 1.54) is 10.9 Å². The summed E-state index contributed by atoms with van der Waals surface area (Å²) in [5.41, 5.74) is 5.48. The van der Waals surface area contributed by atoms with Crippen molar-refractivity contribution in [3.8, 4) is 0 Å². The van der Waals surface area contributed by atoms with Gasteiger partial charge in [0.1, 0.15) is 0 Å². The number of aliphatic imine (C=N–C) groups is 1. The van der Waals surface area contributed by atoms with Crippen LogP contribution in [0.4, 0.5) is 5.69 Å². The molecule has 0 aliphatic heterocycles. The molecule has 1 aromatic carbocycles. The van der Waals surface area contributed by atoms with Gasteiger partial charge < -0.3 is 9.97 Å². The second-order valence-electron chi connectivity index (χ2n) is 4.53. The lowest BCUT2D eigenvalue weighted by Gasteiger charge is -1.96. The molecule has 90 valence electrons. The number of benzene rings is 1. The highest BCUT2D eigenvalue weighted by atomic mass is 14.8. The van der Waals surface area contributed by atoms with Crippen molar-refractivity contribution >= 4 is 22.8 Å². The second-order valence-corrected chi connectivity index (χ2v) is 4.53. The van der Waals surface area contributed by atoms with Gasteiger partial charge in [-0.15, -0.1) is 0 Å². The quantitative estimate of drug-likeness (QED) is 0.636. The summed E-state index contributed by atoms with van der Waals surface area (Å²) in [6.45, 7) is 4.14. The van der Waals surface area contributed by atoms with E-state index in [0.717, 1.165) is 22.6 Å². The van der Waals surface area contributed by atoms with Gasteiger partial charge in [-0.05, 0) is 37.6 Å². The zero-order valence-electron chi connectivity index (χ0n) is 10.5. The van der Waals surface area contributed by atoms with Crippen LogP contribution in [0, 0.1) is 13.8 Å². The number of nitrogens with zero attached hydrogens (tertiary/aromatic N) is 1. The Balaban J connectivity index is 2.01. The second kappa shape index (κ2) is 4.18. The van der Waals surface area contributed by atoms with Gasteiger partial charge in [0.2, 0.25) is 0 Å². The number of hydrogen-bond donors (Lipinski definition) is 2. The Kier molecular flexibility index (Phi) is 2.52. The van der Waals surface area contributed by atoms with Crippen LogP contribution in [0.25, 0.3) is 10.9 Å². The first kappa shape index (κ1) is 10.8. The lowest BCUT2D eigenvalue weighted by atomic mass is 10.2. The fourth-order valence-corrected chi connectivity index (χ4v) is 2.19. The minimum absolute atomic E-state index is 0.962. The molecule has 0 saturated carbocycles. The van der Waals surface area contributed by atoms with Crippen molar-refractivity contribution in [2.24, 2.45) is 4.99 Å². The largest absolute Gasteiger partial charge is 0.359 e. The van der Waals surface area contributed by atoms with Gasteiger partial charge in [-0.1, -0.05) is 12.1 Å². The number of aryl methyl sites for hydroxylation is 2.